The van der Waals surface area contributed by atoms with Crippen molar-refractivity contribution in [2.45, 2.75) is 220 Å². The van der Waals surface area contributed by atoms with Gasteiger partial charge in [-0.3, -0.25) is 4.79 Å². The van der Waals surface area contributed by atoms with Gasteiger partial charge in [0.1, 0.15) is 5.60 Å². The van der Waals surface area contributed by atoms with Crippen LogP contribution in [0, 0.1) is 0 Å². The zero-order valence-electron chi connectivity index (χ0n) is 33.0. The van der Waals surface area contributed by atoms with Crippen molar-refractivity contribution in [2.75, 3.05) is 32.7 Å². The van der Waals surface area contributed by atoms with E-state index >= 15 is 0 Å². The third kappa shape index (κ3) is 34.5. The molecule has 0 aromatic carbocycles. The van der Waals surface area contributed by atoms with E-state index in [1.165, 1.54) is 154 Å². The van der Waals surface area contributed by atoms with Crippen molar-refractivity contribution >= 4 is 12.0 Å². The lowest BCUT2D eigenvalue weighted by Crippen LogP contribution is -2.44. The standard InChI is InChI=1S/C41H84N4O3/c1-6-8-10-12-14-16-18-20-22-24-26-30-35-45(36-31-27-25-23-21-19-17-15-13-11-9-7-2)37-34-43-39(46)38(42)32-28-29-33-44-40(47)48-41(3,4)5/h38H,6-37,42H2,1-5H3,(H,43,46)(H,44,47)/t38-/m0/s1. The lowest BCUT2D eigenvalue weighted by atomic mass is 10.0. The molecule has 0 saturated heterocycles. The molecule has 0 rings (SSSR count). The summed E-state index contributed by atoms with van der Waals surface area (Å²) in [7, 11) is 0. The molecule has 48 heavy (non-hydrogen) atoms. The summed E-state index contributed by atoms with van der Waals surface area (Å²) in [6.07, 6.45) is 34.7. The van der Waals surface area contributed by atoms with Gasteiger partial charge in [0.25, 0.3) is 0 Å². The number of amides is 2. The van der Waals surface area contributed by atoms with Gasteiger partial charge in [-0.25, -0.2) is 4.79 Å². The van der Waals surface area contributed by atoms with E-state index in [0.717, 1.165) is 32.5 Å². The van der Waals surface area contributed by atoms with Crippen LogP contribution in [0.2, 0.25) is 0 Å². The number of hydrogen-bond acceptors (Lipinski definition) is 5. The van der Waals surface area contributed by atoms with Gasteiger partial charge in [0.05, 0.1) is 6.04 Å². The van der Waals surface area contributed by atoms with E-state index in [1.54, 1.807) is 0 Å². The van der Waals surface area contributed by atoms with Crippen LogP contribution in [0.15, 0.2) is 0 Å². The third-order valence-corrected chi connectivity index (χ3v) is 9.33. The second-order valence-corrected chi connectivity index (χ2v) is 15.4. The van der Waals surface area contributed by atoms with Crippen LogP contribution in [-0.2, 0) is 9.53 Å². The van der Waals surface area contributed by atoms with Gasteiger partial charge in [0.15, 0.2) is 0 Å². The fourth-order valence-electron chi connectivity index (χ4n) is 6.28. The van der Waals surface area contributed by atoms with Crippen molar-refractivity contribution in [3.63, 3.8) is 0 Å². The molecule has 0 fully saturated rings. The quantitative estimate of drug-likeness (QED) is 0.0579. The van der Waals surface area contributed by atoms with Crippen molar-refractivity contribution in [3.8, 4) is 0 Å². The second kappa shape index (κ2) is 34.1. The molecule has 286 valence electrons. The first kappa shape index (κ1) is 46.7. The topological polar surface area (TPSA) is 96.7 Å². The molecule has 0 aromatic heterocycles. The highest BCUT2D eigenvalue weighted by atomic mass is 16.6. The van der Waals surface area contributed by atoms with Crippen LogP contribution in [0.3, 0.4) is 0 Å². The number of rotatable bonds is 35. The van der Waals surface area contributed by atoms with Crippen molar-refractivity contribution in [2.24, 2.45) is 5.73 Å². The van der Waals surface area contributed by atoms with Gasteiger partial charge < -0.3 is 26.0 Å². The molecule has 0 aliphatic carbocycles. The molecular weight excluding hydrogens is 596 g/mol. The van der Waals surface area contributed by atoms with Crippen molar-refractivity contribution in [1.29, 1.82) is 0 Å². The molecule has 4 N–H and O–H groups in total. The highest BCUT2D eigenvalue weighted by Crippen LogP contribution is 2.14. The van der Waals surface area contributed by atoms with Crippen molar-refractivity contribution in [3.05, 3.63) is 0 Å². The molecule has 0 aromatic rings. The van der Waals surface area contributed by atoms with Crippen LogP contribution >= 0.6 is 0 Å². The number of carbonyl (C=O) groups excluding carboxylic acids is 2. The molecular formula is C41H84N4O3. The predicted molar refractivity (Wildman–Crippen MR) is 208 cm³/mol. The molecule has 0 bridgehead atoms. The Morgan fingerprint density at radius 3 is 1.33 bits per heavy atom. The van der Waals surface area contributed by atoms with Gasteiger partial charge >= 0.3 is 6.09 Å². The zero-order valence-corrected chi connectivity index (χ0v) is 33.0. The van der Waals surface area contributed by atoms with E-state index in [4.69, 9.17) is 10.5 Å². The first-order valence-electron chi connectivity index (χ1n) is 20.9. The summed E-state index contributed by atoms with van der Waals surface area (Å²) in [4.78, 5) is 27.0. The summed E-state index contributed by atoms with van der Waals surface area (Å²) in [5.41, 5.74) is 5.69. The number of alkyl carbamates (subject to hydrolysis) is 1. The maximum atomic E-state index is 12.7. The Bertz CT molecular complexity index is 684. The predicted octanol–water partition coefficient (Wildman–Crippen LogP) is 10.8. The SMILES string of the molecule is CCCCCCCCCCCCCCN(CCCCCCCCCCCCCC)CCNC(=O)[C@@H](N)CCCCNC(=O)OC(C)(C)C. The molecule has 2 amide bonds. The van der Waals surface area contributed by atoms with Crippen molar-refractivity contribution < 1.29 is 14.3 Å². The van der Waals surface area contributed by atoms with Gasteiger partial charge in [-0.1, -0.05) is 155 Å². The Morgan fingerprint density at radius 1 is 0.542 bits per heavy atom. The van der Waals surface area contributed by atoms with Gasteiger partial charge in [-0.15, -0.1) is 0 Å². The van der Waals surface area contributed by atoms with Crippen LogP contribution in [-0.4, -0.2) is 61.3 Å². The normalized spacial score (nSPS) is 12.4. The zero-order chi connectivity index (χ0) is 35.6. The molecule has 0 saturated carbocycles. The first-order chi connectivity index (χ1) is 23.2. The van der Waals surface area contributed by atoms with E-state index < -0.39 is 17.7 Å². The number of hydrogen-bond donors (Lipinski definition) is 3. The highest BCUT2D eigenvalue weighted by molar-refractivity contribution is 5.81. The van der Waals surface area contributed by atoms with Crippen molar-refractivity contribution in [1.82, 2.24) is 15.5 Å². The smallest absolute Gasteiger partial charge is 0.407 e. The molecule has 0 aliphatic heterocycles. The molecule has 0 spiro atoms. The lowest BCUT2D eigenvalue weighted by Gasteiger charge is -2.23. The van der Waals surface area contributed by atoms with Gasteiger partial charge in [-0.05, 0) is 66.0 Å². The maximum Gasteiger partial charge on any atom is 0.407 e. The summed E-state index contributed by atoms with van der Waals surface area (Å²) in [6.45, 7) is 14.5. The average Bonchev–Trinajstić information content (AvgIpc) is 3.04. The fourth-order valence-corrected chi connectivity index (χ4v) is 6.28. The Hall–Kier alpha value is -1.34. The fraction of sp³-hybridized carbons (Fsp3) is 0.951. The minimum atomic E-state index is -0.507. The minimum Gasteiger partial charge on any atom is -0.444 e. The highest BCUT2D eigenvalue weighted by Gasteiger charge is 2.16. The van der Waals surface area contributed by atoms with Crippen LogP contribution in [0.25, 0.3) is 0 Å². The lowest BCUT2D eigenvalue weighted by molar-refractivity contribution is -0.122. The molecule has 0 unspecified atom stereocenters. The van der Waals surface area contributed by atoms with Gasteiger partial charge in [0.2, 0.25) is 5.91 Å². The molecule has 1 atom stereocenters. The summed E-state index contributed by atoms with van der Waals surface area (Å²) < 4.78 is 5.26. The van der Waals surface area contributed by atoms with Crippen LogP contribution in [0.5, 0.6) is 0 Å². The van der Waals surface area contributed by atoms with Crippen LogP contribution < -0.4 is 16.4 Å². The van der Waals surface area contributed by atoms with E-state index in [-0.39, 0.29) is 5.91 Å². The van der Waals surface area contributed by atoms with E-state index in [0.29, 0.717) is 19.5 Å². The molecule has 7 nitrogen and oxygen atoms in total. The molecule has 0 radical (unpaired) electrons. The largest absolute Gasteiger partial charge is 0.444 e. The van der Waals surface area contributed by atoms with E-state index in [2.05, 4.69) is 29.4 Å². The Kier molecular flexibility index (Phi) is 33.2. The number of ether oxygens (including phenoxy) is 1. The third-order valence-electron chi connectivity index (χ3n) is 9.33. The Balaban J connectivity index is 4.25. The number of nitrogens with zero attached hydrogens (tertiary/aromatic N) is 1. The second-order valence-electron chi connectivity index (χ2n) is 15.4. The van der Waals surface area contributed by atoms with Gasteiger partial charge in [-0.2, -0.15) is 0 Å². The number of nitrogens with one attached hydrogen (secondary N) is 2. The number of unbranched alkanes of at least 4 members (excludes halogenated alkanes) is 23. The number of carbonyl (C=O) groups is 2. The monoisotopic (exact) mass is 681 g/mol. The van der Waals surface area contributed by atoms with Crippen LogP contribution in [0.1, 0.15) is 208 Å². The maximum absolute atomic E-state index is 12.7. The summed E-state index contributed by atoms with van der Waals surface area (Å²) in [6, 6.07) is -0.507. The minimum absolute atomic E-state index is 0.0641. The molecule has 0 heterocycles. The van der Waals surface area contributed by atoms with Gasteiger partial charge in [0, 0.05) is 19.6 Å². The summed E-state index contributed by atoms with van der Waals surface area (Å²) in [5, 5.41) is 5.86. The van der Waals surface area contributed by atoms with Crippen LogP contribution in [0.4, 0.5) is 4.79 Å². The number of nitrogens with two attached hydrogens (primary N) is 1. The van der Waals surface area contributed by atoms with E-state index in [1.807, 2.05) is 20.8 Å². The summed E-state index contributed by atoms with van der Waals surface area (Å²) >= 11 is 0. The summed E-state index contributed by atoms with van der Waals surface area (Å²) in [5.74, 6) is -0.0641. The first-order valence-corrected chi connectivity index (χ1v) is 20.9. The molecule has 0 aliphatic rings. The average molecular weight is 681 g/mol. The molecule has 7 heteroatoms. The van der Waals surface area contributed by atoms with E-state index in [9.17, 15) is 9.59 Å². The Labute approximate surface area is 299 Å². The Morgan fingerprint density at radius 2 is 0.938 bits per heavy atom.